The molecule has 1 atom stereocenters. The highest BCUT2D eigenvalue weighted by Crippen LogP contribution is 2.33. The van der Waals surface area contributed by atoms with Crippen LogP contribution in [0.15, 0.2) is 0 Å². The first-order valence-electron chi connectivity index (χ1n) is 3.72. The van der Waals surface area contributed by atoms with Gasteiger partial charge in [-0.1, -0.05) is 12.8 Å². The predicted molar refractivity (Wildman–Crippen MR) is 39.1 cm³/mol. The molecule has 58 valence electrons. The van der Waals surface area contributed by atoms with Crippen molar-refractivity contribution in [1.82, 2.24) is 0 Å². The van der Waals surface area contributed by atoms with E-state index in [0.717, 1.165) is 12.3 Å². The number of nitrogens with two attached hydrogens (primary N) is 2. The molecule has 0 saturated heterocycles. The molecule has 0 spiro atoms. The first-order valence-corrected chi connectivity index (χ1v) is 3.72. The maximum absolute atomic E-state index is 10.4. The second-order valence-electron chi connectivity index (χ2n) is 3.11. The van der Waals surface area contributed by atoms with Crippen molar-refractivity contribution in [2.45, 2.75) is 31.7 Å². The van der Waals surface area contributed by atoms with Gasteiger partial charge in [-0.05, 0) is 12.3 Å². The van der Waals surface area contributed by atoms with E-state index in [2.05, 4.69) is 0 Å². The lowest BCUT2D eigenvalue weighted by Gasteiger charge is -2.06. The van der Waals surface area contributed by atoms with Crippen molar-refractivity contribution in [2.75, 3.05) is 0 Å². The van der Waals surface area contributed by atoms with Gasteiger partial charge >= 0.3 is 0 Å². The van der Waals surface area contributed by atoms with E-state index in [-0.39, 0.29) is 11.9 Å². The standard InChI is InChI=1S/C7H14N2O/c8-6(4-7(9)10)3-5-1-2-5/h5-6H,1-4,8H2,(H2,9,10). The van der Waals surface area contributed by atoms with Gasteiger partial charge in [0.05, 0.1) is 0 Å². The van der Waals surface area contributed by atoms with Crippen molar-refractivity contribution in [1.29, 1.82) is 0 Å². The highest BCUT2D eigenvalue weighted by molar-refractivity contribution is 5.74. The van der Waals surface area contributed by atoms with Crippen LogP contribution in [0.3, 0.4) is 0 Å². The van der Waals surface area contributed by atoms with Gasteiger partial charge in [-0.15, -0.1) is 0 Å². The highest BCUT2D eigenvalue weighted by Gasteiger charge is 2.24. The van der Waals surface area contributed by atoms with Crippen LogP contribution in [0.4, 0.5) is 0 Å². The monoisotopic (exact) mass is 142 g/mol. The Morgan fingerprint density at radius 2 is 2.20 bits per heavy atom. The van der Waals surface area contributed by atoms with Crippen LogP contribution in [0.25, 0.3) is 0 Å². The van der Waals surface area contributed by atoms with Crippen molar-refractivity contribution in [3.63, 3.8) is 0 Å². The minimum Gasteiger partial charge on any atom is -0.370 e. The molecule has 10 heavy (non-hydrogen) atoms. The van der Waals surface area contributed by atoms with E-state index >= 15 is 0 Å². The molecule has 0 heterocycles. The number of hydrogen-bond acceptors (Lipinski definition) is 2. The van der Waals surface area contributed by atoms with E-state index in [4.69, 9.17) is 11.5 Å². The first kappa shape index (κ1) is 7.54. The Balaban J connectivity index is 2.07. The molecule has 0 aromatic heterocycles. The largest absolute Gasteiger partial charge is 0.370 e. The Bertz CT molecular complexity index is 132. The van der Waals surface area contributed by atoms with Gasteiger partial charge in [0, 0.05) is 12.5 Å². The summed E-state index contributed by atoms with van der Waals surface area (Å²) >= 11 is 0. The van der Waals surface area contributed by atoms with Gasteiger partial charge in [-0.3, -0.25) is 4.79 Å². The lowest BCUT2D eigenvalue weighted by atomic mass is 10.1. The van der Waals surface area contributed by atoms with Gasteiger partial charge in [0.25, 0.3) is 0 Å². The number of primary amides is 1. The Morgan fingerprint density at radius 1 is 1.60 bits per heavy atom. The predicted octanol–water partition coefficient (Wildman–Crippen LogP) is -0.0108. The molecule has 0 aromatic carbocycles. The summed E-state index contributed by atoms with van der Waals surface area (Å²) in [7, 11) is 0. The fourth-order valence-corrected chi connectivity index (χ4v) is 1.12. The number of hydrogen-bond donors (Lipinski definition) is 2. The van der Waals surface area contributed by atoms with E-state index in [9.17, 15) is 4.79 Å². The molecule has 0 aromatic rings. The van der Waals surface area contributed by atoms with E-state index in [0.29, 0.717) is 6.42 Å². The van der Waals surface area contributed by atoms with Crippen LogP contribution in [-0.2, 0) is 4.79 Å². The van der Waals surface area contributed by atoms with Gasteiger partial charge in [0.1, 0.15) is 0 Å². The van der Waals surface area contributed by atoms with Crippen LogP contribution in [0, 0.1) is 5.92 Å². The second-order valence-corrected chi connectivity index (χ2v) is 3.11. The van der Waals surface area contributed by atoms with Crippen LogP contribution in [-0.4, -0.2) is 11.9 Å². The average molecular weight is 142 g/mol. The zero-order valence-electron chi connectivity index (χ0n) is 6.05. The Hall–Kier alpha value is -0.570. The molecule has 1 aliphatic rings. The van der Waals surface area contributed by atoms with E-state index in [1.54, 1.807) is 0 Å². The van der Waals surface area contributed by atoms with Gasteiger partial charge in [-0.2, -0.15) is 0 Å². The third-order valence-electron chi connectivity index (χ3n) is 1.80. The third kappa shape index (κ3) is 2.82. The molecule has 3 heteroatoms. The topological polar surface area (TPSA) is 69.1 Å². The van der Waals surface area contributed by atoms with Gasteiger partial charge in [0.2, 0.25) is 5.91 Å². The Labute approximate surface area is 60.8 Å². The maximum atomic E-state index is 10.4. The molecule has 4 N–H and O–H groups in total. The highest BCUT2D eigenvalue weighted by atomic mass is 16.1. The van der Waals surface area contributed by atoms with Crippen molar-refractivity contribution in [3.8, 4) is 0 Å². The van der Waals surface area contributed by atoms with Crippen molar-refractivity contribution in [3.05, 3.63) is 0 Å². The molecule has 0 radical (unpaired) electrons. The quantitative estimate of drug-likeness (QED) is 0.579. The molecule has 1 fully saturated rings. The molecular weight excluding hydrogens is 128 g/mol. The van der Waals surface area contributed by atoms with Crippen LogP contribution >= 0.6 is 0 Å². The zero-order chi connectivity index (χ0) is 7.56. The van der Waals surface area contributed by atoms with Gasteiger partial charge < -0.3 is 11.5 Å². The van der Waals surface area contributed by atoms with E-state index in [1.807, 2.05) is 0 Å². The van der Waals surface area contributed by atoms with Crippen molar-refractivity contribution < 1.29 is 4.79 Å². The summed E-state index contributed by atoms with van der Waals surface area (Å²) in [6.45, 7) is 0. The fraction of sp³-hybridized carbons (Fsp3) is 0.857. The molecule has 0 aliphatic heterocycles. The summed E-state index contributed by atoms with van der Waals surface area (Å²) in [6, 6.07) is 0.00463. The second kappa shape index (κ2) is 3.01. The molecule has 1 aliphatic carbocycles. The van der Waals surface area contributed by atoms with Crippen LogP contribution in [0.5, 0.6) is 0 Å². The maximum Gasteiger partial charge on any atom is 0.218 e. The average Bonchev–Trinajstić information content (AvgIpc) is 2.46. The van der Waals surface area contributed by atoms with Gasteiger partial charge in [-0.25, -0.2) is 0 Å². The van der Waals surface area contributed by atoms with Crippen molar-refractivity contribution >= 4 is 5.91 Å². The molecular formula is C7H14N2O. The summed E-state index contributed by atoms with van der Waals surface area (Å²) in [5, 5.41) is 0. The summed E-state index contributed by atoms with van der Waals surface area (Å²) in [5.41, 5.74) is 10.6. The first-order chi connectivity index (χ1) is 4.68. The summed E-state index contributed by atoms with van der Waals surface area (Å²) < 4.78 is 0. The van der Waals surface area contributed by atoms with Crippen LogP contribution in [0.1, 0.15) is 25.7 Å². The fourth-order valence-electron chi connectivity index (χ4n) is 1.12. The smallest absolute Gasteiger partial charge is 0.218 e. The Kier molecular flexibility index (Phi) is 2.27. The van der Waals surface area contributed by atoms with Crippen LogP contribution < -0.4 is 11.5 Å². The zero-order valence-corrected chi connectivity index (χ0v) is 6.05. The summed E-state index contributed by atoms with van der Waals surface area (Å²) in [6.07, 6.45) is 3.89. The summed E-state index contributed by atoms with van der Waals surface area (Å²) in [4.78, 5) is 10.4. The number of carbonyl (C=O) groups is 1. The van der Waals surface area contributed by atoms with Gasteiger partial charge in [0.15, 0.2) is 0 Å². The molecule has 1 amide bonds. The number of carbonyl (C=O) groups excluding carboxylic acids is 1. The normalized spacial score (nSPS) is 20.5. The third-order valence-corrected chi connectivity index (χ3v) is 1.80. The molecule has 1 saturated carbocycles. The Morgan fingerprint density at radius 3 is 2.60 bits per heavy atom. The van der Waals surface area contributed by atoms with Crippen molar-refractivity contribution in [2.24, 2.45) is 17.4 Å². The van der Waals surface area contributed by atoms with E-state index in [1.165, 1.54) is 12.8 Å². The molecule has 0 bridgehead atoms. The minimum absolute atomic E-state index is 0.00463. The van der Waals surface area contributed by atoms with E-state index < -0.39 is 0 Å². The minimum atomic E-state index is -0.284. The molecule has 1 rings (SSSR count). The van der Waals surface area contributed by atoms with Crippen LogP contribution in [0.2, 0.25) is 0 Å². The molecule has 3 nitrogen and oxygen atoms in total. The number of rotatable bonds is 4. The lowest BCUT2D eigenvalue weighted by molar-refractivity contribution is -0.118. The number of amides is 1. The summed E-state index contributed by atoms with van der Waals surface area (Å²) in [5.74, 6) is 0.502. The lowest BCUT2D eigenvalue weighted by Crippen LogP contribution is -2.27. The SMILES string of the molecule is NC(=O)CC(N)CC1CC1. The molecule has 1 unspecified atom stereocenters.